The number of ether oxygens (including phenoxy) is 2. The third-order valence-corrected chi connectivity index (χ3v) is 5.36. The highest BCUT2D eigenvalue weighted by Gasteiger charge is 2.22. The summed E-state index contributed by atoms with van der Waals surface area (Å²) in [7, 11) is 1.67. The normalized spacial score (nSPS) is 13.1. The Morgan fingerprint density at radius 2 is 2.24 bits per heavy atom. The van der Waals surface area contributed by atoms with E-state index in [1.807, 2.05) is 23.7 Å². The average molecular weight is 372 g/mol. The van der Waals surface area contributed by atoms with Gasteiger partial charge in [-0.15, -0.1) is 11.3 Å². The molecule has 0 unspecified atom stereocenters. The first-order chi connectivity index (χ1) is 12.3. The molecule has 2 aromatic heterocycles. The minimum atomic E-state index is 0.610. The number of fused-ring (bicyclic) bond motifs is 1. The zero-order valence-corrected chi connectivity index (χ0v) is 15.1. The van der Waals surface area contributed by atoms with Gasteiger partial charge in [0.25, 0.3) is 0 Å². The Balaban J connectivity index is 1.59. The molecule has 8 heteroatoms. The van der Waals surface area contributed by atoms with Gasteiger partial charge in [0.05, 0.1) is 25.5 Å². The summed E-state index contributed by atoms with van der Waals surface area (Å²) in [4.78, 5) is 11.7. The van der Waals surface area contributed by atoms with Crippen molar-refractivity contribution in [3.05, 3.63) is 48.2 Å². The number of pyridine rings is 1. The second kappa shape index (κ2) is 7.20. The van der Waals surface area contributed by atoms with Gasteiger partial charge in [-0.05, 0) is 30.1 Å². The van der Waals surface area contributed by atoms with Crippen molar-refractivity contribution < 1.29 is 9.47 Å². The van der Waals surface area contributed by atoms with Crippen LogP contribution in [0.3, 0.4) is 0 Å². The predicted molar refractivity (Wildman–Crippen MR) is 101 cm³/mol. The van der Waals surface area contributed by atoms with Crippen molar-refractivity contribution in [3.63, 3.8) is 0 Å². The van der Waals surface area contributed by atoms with E-state index in [1.54, 1.807) is 30.8 Å². The van der Waals surface area contributed by atoms with E-state index < -0.39 is 0 Å². The maximum Gasteiger partial charge on any atom is 0.192 e. The fourth-order valence-corrected chi connectivity index (χ4v) is 3.89. The lowest BCUT2D eigenvalue weighted by atomic mass is 10.2. The summed E-state index contributed by atoms with van der Waals surface area (Å²) in [5.41, 5.74) is 1.95. The van der Waals surface area contributed by atoms with E-state index in [2.05, 4.69) is 31.7 Å². The monoisotopic (exact) mass is 372 g/mol. The number of thiazole rings is 1. The molecule has 1 aliphatic rings. The van der Waals surface area contributed by atoms with Crippen LogP contribution in [0.25, 0.3) is 0 Å². The van der Waals surface area contributed by atoms with Crippen molar-refractivity contribution in [1.29, 1.82) is 0 Å². The highest BCUT2D eigenvalue weighted by atomic mass is 32.2. The van der Waals surface area contributed by atoms with Gasteiger partial charge in [-0.2, -0.15) is 0 Å². The number of hydrogen-bond acceptors (Lipinski definition) is 8. The van der Waals surface area contributed by atoms with E-state index in [4.69, 9.17) is 9.47 Å². The SMILES string of the molecule is COc1ccncc1N1CCOc2cc(SNc3nccs3)ccc21. The molecular weight excluding hydrogens is 356 g/mol. The molecule has 0 saturated carbocycles. The number of rotatable bonds is 5. The molecule has 1 aliphatic heterocycles. The van der Waals surface area contributed by atoms with Gasteiger partial charge in [0.15, 0.2) is 5.13 Å². The van der Waals surface area contributed by atoms with E-state index in [0.29, 0.717) is 6.61 Å². The molecule has 0 saturated heterocycles. The average Bonchev–Trinajstić information content (AvgIpc) is 3.19. The second-order valence-electron chi connectivity index (χ2n) is 5.22. The zero-order valence-electron chi connectivity index (χ0n) is 13.5. The van der Waals surface area contributed by atoms with Crippen LogP contribution in [-0.2, 0) is 0 Å². The van der Waals surface area contributed by atoms with E-state index in [-0.39, 0.29) is 0 Å². The minimum absolute atomic E-state index is 0.610. The van der Waals surface area contributed by atoms with Gasteiger partial charge in [0.2, 0.25) is 0 Å². The molecule has 0 aliphatic carbocycles. The van der Waals surface area contributed by atoms with Gasteiger partial charge in [0, 0.05) is 28.7 Å². The first-order valence-corrected chi connectivity index (χ1v) is 9.39. The number of aromatic nitrogens is 2. The van der Waals surface area contributed by atoms with Crippen molar-refractivity contribution in [2.75, 3.05) is 29.9 Å². The number of nitrogens with zero attached hydrogens (tertiary/aromatic N) is 3. The quantitative estimate of drug-likeness (QED) is 0.674. The Hall–Kier alpha value is -2.45. The van der Waals surface area contributed by atoms with Crippen LogP contribution in [0.2, 0.25) is 0 Å². The summed E-state index contributed by atoms with van der Waals surface area (Å²) in [6.07, 6.45) is 5.33. The molecule has 0 atom stereocenters. The highest BCUT2D eigenvalue weighted by Crippen LogP contribution is 2.41. The highest BCUT2D eigenvalue weighted by molar-refractivity contribution is 8.00. The fraction of sp³-hybridized carbons (Fsp3) is 0.176. The van der Waals surface area contributed by atoms with Crippen molar-refractivity contribution in [3.8, 4) is 11.5 Å². The summed E-state index contributed by atoms with van der Waals surface area (Å²) in [5.74, 6) is 1.65. The van der Waals surface area contributed by atoms with Crippen LogP contribution in [0.15, 0.2) is 53.1 Å². The summed E-state index contributed by atoms with van der Waals surface area (Å²) in [6, 6.07) is 8.03. The van der Waals surface area contributed by atoms with E-state index >= 15 is 0 Å². The van der Waals surface area contributed by atoms with E-state index in [9.17, 15) is 0 Å². The Labute approximate surface area is 154 Å². The summed E-state index contributed by atoms with van der Waals surface area (Å²) in [6.45, 7) is 1.36. The maximum atomic E-state index is 5.87. The van der Waals surface area contributed by atoms with Crippen LogP contribution in [0.1, 0.15) is 0 Å². The Kier molecular flexibility index (Phi) is 4.62. The summed E-state index contributed by atoms with van der Waals surface area (Å²) >= 11 is 3.09. The zero-order chi connectivity index (χ0) is 17.1. The van der Waals surface area contributed by atoms with Crippen molar-refractivity contribution in [1.82, 2.24) is 9.97 Å². The Bertz CT molecular complexity index is 858. The van der Waals surface area contributed by atoms with Gasteiger partial charge < -0.3 is 19.1 Å². The lowest BCUT2D eigenvalue weighted by Gasteiger charge is -2.32. The number of benzene rings is 1. The number of nitrogens with one attached hydrogen (secondary N) is 1. The molecule has 0 radical (unpaired) electrons. The van der Waals surface area contributed by atoms with Gasteiger partial charge in [-0.1, -0.05) is 0 Å². The molecule has 1 N–H and O–H groups in total. The minimum Gasteiger partial charge on any atom is -0.494 e. The Morgan fingerprint density at radius 3 is 3.08 bits per heavy atom. The maximum absolute atomic E-state index is 5.87. The molecule has 128 valence electrons. The molecule has 3 heterocycles. The van der Waals surface area contributed by atoms with Gasteiger partial charge in [-0.25, -0.2) is 4.98 Å². The first-order valence-electron chi connectivity index (χ1n) is 7.70. The lowest BCUT2D eigenvalue weighted by molar-refractivity contribution is 0.312. The second-order valence-corrected chi connectivity index (χ2v) is 6.99. The number of hydrogen-bond donors (Lipinski definition) is 1. The smallest absolute Gasteiger partial charge is 0.192 e. The molecule has 0 amide bonds. The molecule has 3 aromatic rings. The summed E-state index contributed by atoms with van der Waals surface area (Å²) in [5, 5.41) is 2.82. The van der Waals surface area contributed by atoms with Crippen molar-refractivity contribution in [2.45, 2.75) is 4.90 Å². The van der Waals surface area contributed by atoms with Crippen LogP contribution >= 0.6 is 23.3 Å². The van der Waals surface area contributed by atoms with Crippen LogP contribution in [0.5, 0.6) is 11.5 Å². The molecular formula is C17H16N4O2S2. The molecule has 0 bridgehead atoms. The van der Waals surface area contributed by atoms with Gasteiger partial charge in [0.1, 0.15) is 23.8 Å². The summed E-state index contributed by atoms with van der Waals surface area (Å²) < 4.78 is 14.6. The van der Waals surface area contributed by atoms with Crippen LogP contribution in [0, 0.1) is 0 Å². The van der Waals surface area contributed by atoms with Crippen LogP contribution in [-0.4, -0.2) is 30.2 Å². The molecule has 4 rings (SSSR count). The predicted octanol–water partition coefficient (Wildman–Crippen LogP) is 4.20. The lowest BCUT2D eigenvalue weighted by Crippen LogP contribution is -2.29. The Morgan fingerprint density at radius 1 is 1.28 bits per heavy atom. The van der Waals surface area contributed by atoms with Crippen LogP contribution < -0.4 is 19.1 Å². The van der Waals surface area contributed by atoms with Crippen molar-refractivity contribution in [2.24, 2.45) is 0 Å². The largest absolute Gasteiger partial charge is 0.494 e. The fourth-order valence-electron chi connectivity index (χ4n) is 2.64. The van der Waals surface area contributed by atoms with Crippen molar-refractivity contribution >= 4 is 39.8 Å². The van der Waals surface area contributed by atoms with Crippen LogP contribution in [0.4, 0.5) is 16.5 Å². The third kappa shape index (κ3) is 3.35. The number of methoxy groups -OCH3 is 1. The molecule has 0 fully saturated rings. The molecule has 1 aromatic carbocycles. The first kappa shape index (κ1) is 16.0. The van der Waals surface area contributed by atoms with Gasteiger partial charge >= 0.3 is 0 Å². The number of anilines is 3. The van der Waals surface area contributed by atoms with E-state index in [1.165, 1.54) is 11.9 Å². The molecule has 25 heavy (non-hydrogen) atoms. The van der Waals surface area contributed by atoms with E-state index in [0.717, 1.165) is 39.4 Å². The third-order valence-electron chi connectivity index (χ3n) is 3.75. The standard InChI is InChI=1S/C17H16N4O2S2/c1-22-15-4-5-18-11-14(15)21-7-8-23-16-10-12(2-3-13(16)21)25-20-17-19-6-9-24-17/h2-6,9-11H,7-8H2,1H3,(H,19,20). The molecule has 6 nitrogen and oxygen atoms in total. The topological polar surface area (TPSA) is 59.5 Å². The van der Waals surface area contributed by atoms with Gasteiger partial charge in [-0.3, -0.25) is 4.98 Å². The molecule has 0 spiro atoms.